The Labute approximate surface area is 144 Å². The molecule has 0 aliphatic carbocycles. The first-order valence-corrected chi connectivity index (χ1v) is 7.96. The summed E-state index contributed by atoms with van der Waals surface area (Å²) >= 11 is 0. The first-order chi connectivity index (χ1) is 12.0. The Kier molecular flexibility index (Phi) is 4.78. The van der Waals surface area contributed by atoms with E-state index < -0.39 is 6.03 Å². The van der Waals surface area contributed by atoms with Gasteiger partial charge < -0.3 is 15.2 Å². The summed E-state index contributed by atoms with van der Waals surface area (Å²) in [7, 11) is 0. The van der Waals surface area contributed by atoms with E-state index in [2.05, 4.69) is 15.6 Å². The molecule has 1 aliphatic heterocycles. The van der Waals surface area contributed by atoms with Crippen molar-refractivity contribution in [2.24, 2.45) is 0 Å². The fourth-order valence-corrected chi connectivity index (χ4v) is 2.67. The van der Waals surface area contributed by atoms with Crippen molar-refractivity contribution in [1.29, 1.82) is 0 Å². The van der Waals surface area contributed by atoms with E-state index in [-0.39, 0.29) is 30.9 Å². The summed E-state index contributed by atoms with van der Waals surface area (Å²) in [4.78, 5) is 40.8. The van der Waals surface area contributed by atoms with Gasteiger partial charge in [0.25, 0.3) is 5.91 Å². The van der Waals surface area contributed by atoms with Crippen molar-refractivity contribution in [1.82, 2.24) is 25.1 Å². The molecular formula is C17H19N5O3. The number of carbonyl (C=O) groups is 3. The number of hydrogen-bond donors (Lipinski definition) is 2. The Bertz CT molecular complexity index is 771. The van der Waals surface area contributed by atoms with Gasteiger partial charge in [0, 0.05) is 30.5 Å². The third-order valence-corrected chi connectivity index (χ3v) is 3.89. The van der Waals surface area contributed by atoms with Crippen LogP contribution in [0.4, 0.5) is 4.79 Å². The predicted octanol–water partition coefficient (Wildman–Crippen LogP) is 0.753. The molecule has 2 heterocycles. The van der Waals surface area contributed by atoms with Gasteiger partial charge in [-0.25, -0.2) is 9.78 Å². The van der Waals surface area contributed by atoms with Gasteiger partial charge in [0.05, 0.1) is 19.4 Å². The van der Waals surface area contributed by atoms with E-state index in [9.17, 15) is 14.4 Å². The molecule has 3 rings (SSSR count). The Morgan fingerprint density at radius 2 is 2.24 bits per heavy atom. The Morgan fingerprint density at radius 3 is 2.92 bits per heavy atom. The van der Waals surface area contributed by atoms with Crippen LogP contribution in [0.3, 0.4) is 0 Å². The molecule has 130 valence electrons. The quantitative estimate of drug-likeness (QED) is 0.758. The lowest BCUT2D eigenvalue weighted by Gasteiger charge is -2.16. The molecule has 1 aliphatic rings. The number of amides is 4. The zero-order valence-electron chi connectivity index (χ0n) is 13.8. The maximum absolute atomic E-state index is 12.4. The number of rotatable bonds is 6. The number of nitrogens with zero attached hydrogens (tertiary/aromatic N) is 3. The van der Waals surface area contributed by atoms with Crippen molar-refractivity contribution in [3.63, 3.8) is 0 Å². The predicted molar refractivity (Wildman–Crippen MR) is 89.5 cm³/mol. The number of imidazole rings is 1. The molecule has 1 atom stereocenters. The van der Waals surface area contributed by atoms with Gasteiger partial charge in [-0.3, -0.25) is 14.5 Å². The third kappa shape index (κ3) is 4.03. The summed E-state index contributed by atoms with van der Waals surface area (Å²) in [6.07, 6.45) is 5.22. The van der Waals surface area contributed by atoms with Crippen molar-refractivity contribution in [2.75, 3.05) is 6.54 Å². The largest absolute Gasteiger partial charge is 0.348 e. The molecule has 4 amide bonds. The second-order valence-electron chi connectivity index (χ2n) is 5.97. The van der Waals surface area contributed by atoms with Crippen molar-refractivity contribution in [2.45, 2.75) is 26.1 Å². The van der Waals surface area contributed by atoms with Gasteiger partial charge in [-0.05, 0) is 24.6 Å². The molecule has 8 nitrogen and oxygen atoms in total. The van der Waals surface area contributed by atoms with Crippen LogP contribution in [0.2, 0.25) is 0 Å². The summed E-state index contributed by atoms with van der Waals surface area (Å²) < 4.78 is 1.89. The van der Waals surface area contributed by atoms with E-state index in [1.54, 1.807) is 36.8 Å². The zero-order valence-corrected chi connectivity index (χ0v) is 13.8. The molecule has 2 N–H and O–H groups in total. The normalized spacial score (nSPS) is 15.2. The van der Waals surface area contributed by atoms with Crippen LogP contribution in [0.1, 0.15) is 22.8 Å². The molecule has 1 aromatic heterocycles. The van der Waals surface area contributed by atoms with E-state index in [0.717, 1.165) is 10.5 Å². The highest BCUT2D eigenvalue weighted by Crippen LogP contribution is 2.11. The third-order valence-electron chi connectivity index (χ3n) is 3.89. The molecule has 0 saturated carbocycles. The minimum Gasteiger partial charge on any atom is -0.348 e. The molecule has 2 aromatic rings. The lowest BCUT2D eigenvalue weighted by molar-refractivity contribution is -0.125. The minimum atomic E-state index is -0.409. The fraction of sp³-hybridized carbons (Fsp3) is 0.294. The average molecular weight is 341 g/mol. The lowest BCUT2D eigenvalue weighted by Crippen LogP contribution is -2.35. The van der Waals surface area contributed by atoms with E-state index in [0.29, 0.717) is 12.1 Å². The van der Waals surface area contributed by atoms with Crippen LogP contribution in [0.25, 0.3) is 0 Å². The second-order valence-corrected chi connectivity index (χ2v) is 5.97. The highest BCUT2D eigenvalue weighted by atomic mass is 16.2. The molecule has 1 fully saturated rings. The minimum absolute atomic E-state index is 0.0186. The summed E-state index contributed by atoms with van der Waals surface area (Å²) in [5, 5.41) is 5.40. The zero-order chi connectivity index (χ0) is 17.8. The number of aromatic nitrogens is 2. The summed E-state index contributed by atoms with van der Waals surface area (Å²) in [5.41, 5.74) is 1.21. The maximum atomic E-state index is 12.4. The van der Waals surface area contributed by atoms with Crippen molar-refractivity contribution >= 4 is 17.8 Å². The van der Waals surface area contributed by atoms with Crippen LogP contribution < -0.4 is 10.6 Å². The maximum Gasteiger partial charge on any atom is 0.324 e. The molecule has 0 spiro atoms. The average Bonchev–Trinajstić information content (AvgIpc) is 3.20. The molecule has 1 saturated heterocycles. The standard InChI is InChI=1S/C17H19N5O3/c1-12(9-21-6-5-18-11-21)20-16(24)14-4-2-3-13(7-14)10-22-15(23)8-19-17(22)25/h2-7,11-12H,8-10H2,1H3,(H,19,25)(H,20,24)/t12-/m1/s1. The molecular weight excluding hydrogens is 322 g/mol. The summed E-state index contributed by atoms with van der Waals surface area (Å²) in [6, 6.07) is 6.44. The van der Waals surface area contributed by atoms with E-state index in [4.69, 9.17) is 0 Å². The number of imide groups is 1. The number of nitrogens with one attached hydrogen (secondary N) is 2. The monoisotopic (exact) mass is 341 g/mol. The molecule has 1 aromatic carbocycles. The van der Waals surface area contributed by atoms with E-state index in [1.807, 2.05) is 17.7 Å². The lowest BCUT2D eigenvalue weighted by atomic mass is 10.1. The van der Waals surface area contributed by atoms with Gasteiger partial charge in [0.15, 0.2) is 0 Å². The first-order valence-electron chi connectivity index (χ1n) is 7.96. The smallest absolute Gasteiger partial charge is 0.324 e. The number of carbonyl (C=O) groups excluding carboxylic acids is 3. The number of benzene rings is 1. The Hall–Kier alpha value is -3.16. The molecule has 0 bridgehead atoms. The Morgan fingerprint density at radius 1 is 1.40 bits per heavy atom. The highest BCUT2D eigenvalue weighted by Gasteiger charge is 2.28. The van der Waals surface area contributed by atoms with Gasteiger partial charge >= 0.3 is 6.03 Å². The highest BCUT2D eigenvalue weighted by molar-refractivity contribution is 6.02. The number of hydrogen-bond acceptors (Lipinski definition) is 4. The number of urea groups is 1. The van der Waals surface area contributed by atoms with Crippen LogP contribution in [0, 0.1) is 0 Å². The van der Waals surface area contributed by atoms with Crippen LogP contribution >= 0.6 is 0 Å². The van der Waals surface area contributed by atoms with Gasteiger partial charge in [0.2, 0.25) is 5.91 Å². The molecule has 0 unspecified atom stereocenters. The first kappa shape index (κ1) is 16.7. The fourth-order valence-electron chi connectivity index (χ4n) is 2.67. The molecule has 8 heteroatoms. The Balaban J connectivity index is 1.63. The van der Waals surface area contributed by atoms with Crippen molar-refractivity contribution < 1.29 is 14.4 Å². The van der Waals surface area contributed by atoms with E-state index >= 15 is 0 Å². The summed E-state index contributed by atoms with van der Waals surface area (Å²) in [5.74, 6) is -0.472. The van der Waals surface area contributed by atoms with Crippen LogP contribution in [-0.4, -0.2) is 44.9 Å². The van der Waals surface area contributed by atoms with Crippen LogP contribution in [0.5, 0.6) is 0 Å². The van der Waals surface area contributed by atoms with Gasteiger partial charge in [-0.1, -0.05) is 12.1 Å². The van der Waals surface area contributed by atoms with Gasteiger partial charge in [-0.2, -0.15) is 0 Å². The van der Waals surface area contributed by atoms with Crippen molar-refractivity contribution in [3.8, 4) is 0 Å². The van der Waals surface area contributed by atoms with Gasteiger partial charge in [0.1, 0.15) is 0 Å². The van der Waals surface area contributed by atoms with Crippen molar-refractivity contribution in [3.05, 3.63) is 54.1 Å². The van der Waals surface area contributed by atoms with E-state index in [1.165, 1.54) is 0 Å². The van der Waals surface area contributed by atoms with Gasteiger partial charge in [-0.15, -0.1) is 0 Å². The molecule has 0 radical (unpaired) electrons. The topological polar surface area (TPSA) is 96.3 Å². The second kappa shape index (κ2) is 7.16. The summed E-state index contributed by atoms with van der Waals surface area (Å²) in [6.45, 7) is 2.70. The SMILES string of the molecule is C[C@H](Cn1ccnc1)NC(=O)c1cccc(CN2C(=O)CNC2=O)c1. The van der Waals surface area contributed by atoms with Crippen LogP contribution in [-0.2, 0) is 17.9 Å². The van der Waals surface area contributed by atoms with Crippen LogP contribution in [0.15, 0.2) is 43.0 Å². The molecule has 25 heavy (non-hydrogen) atoms.